The van der Waals surface area contributed by atoms with Gasteiger partial charge in [0.2, 0.25) is 0 Å². The van der Waals surface area contributed by atoms with Crippen LogP contribution < -0.4 is 0 Å². The van der Waals surface area contributed by atoms with E-state index < -0.39 is 0 Å². The maximum Gasteiger partial charge on any atom is 0.0704 e. The Labute approximate surface area is 95.3 Å². The van der Waals surface area contributed by atoms with Gasteiger partial charge in [-0.25, -0.2) is 0 Å². The molecular formula is C13H28O2. The fraction of sp³-hybridized carbons (Fsp3) is 1.00. The van der Waals surface area contributed by atoms with Crippen molar-refractivity contribution in [2.75, 3.05) is 19.8 Å². The summed E-state index contributed by atoms with van der Waals surface area (Å²) in [5.41, 5.74) is 0. The predicted molar refractivity (Wildman–Crippen MR) is 65.3 cm³/mol. The lowest BCUT2D eigenvalue weighted by atomic mass is 10.1. The summed E-state index contributed by atoms with van der Waals surface area (Å²) < 4.78 is 11.0. The van der Waals surface area contributed by atoms with Gasteiger partial charge in [-0.2, -0.15) is 0 Å². The number of hydrogen-bond acceptors (Lipinski definition) is 2. The Morgan fingerprint density at radius 2 is 1.73 bits per heavy atom. The molecule has 0 bridgehead atoms. The molecule has 92 valence electrons. The van der Waals surface area contributed by atoms with Crippen LogP contribution in [0.5, 0.6) is 0 Å². The number of unbranched alkanes of at least 4 members (excludes halogenated alkanes) is 3. The zero-order valence-electron chi connectivity index (χ0n) is 10.8. The minimum absolute atomic E-state index is 0.447. The largest absolute Gasteiger partial charge is 0.379 e. The predicted octanol–water partition coefficient (Wildman–Crippen LogP) is 3.79. The van der Waals surface area contributed by atoms with Crippen LogP contribution in [-0.2, 0) is 9.47 Å². The van der Waals surface area contributed by atoms with Crippen molar-refractivity contribution in [3.8, 4) is 0 Å². The third-order valence-electron chi connectivity index (χ3n) is 2.62. The molecule has 2 heteroatoms. The third-order valence-corrected chi connectivity index (χ3v) is 2.62. The Morgan fingerprint density at radius 1 is 0.933 bits per heavy atom. The molecule has 15 heavy (non-hydrogen) atoms. The molecule has 0 saturated carbocycles. The molecule has 0 aliphatic carbocycles. The number of ether oxygens (including phenoxy) is 2. The van der Waals surface area contributed by atoms with Gasteiger partial charge in [-0.15, -0.1) is 0 Å². The van der Waals surface area contributed by atoms with Crippen molar-refractivity contribution in [2.45, 2.75) is 65.4 Å². The SMILES string of the molecule is CCCCCCC(CC)OCCOCC. The Morgan fingerprint density at radius 3 is 2.33 bits per heavy atom. The fourth-order valence-electron chi connectivity index (χ4n) is 1.62. The first-order chi connectivity index (χ1) is 7.35. The van der Waals surface area contributed by atoms with Crippen molar-refractivity contribution in [3.63, 3.8) is 0 Å². The molecule has 0 fully saturated rings. The Bertz CT molecular complexity index is 103. The molecular weight excluding hydrogens is 188 g/mol. The average Bonchev–Trinajstić information content (AvgIpc) is 2.27. The molecule has 0 rings (SSSR count). The van der Waals surface area contributed by atoms with E-state index in [1.807, 2.05) is 6.92 Å². The molecule has 0 saturated heterocycles. The van der Waals surface area contributed by atoms with E-state index >= 15 is 0 Å². The topological polar surface area (TPSA) is 18.5 Å². The van der Waals surface area contributed by atoms with E-state index in [1.165, 1.54) is 32.1 Å². The molecule has 0 aliphatic heterocycles. The first-order valence-electron chi connectivity index (χ1n) is 6.54. The molecule has 0 aromatic rings. The number of hydrogen-bond donors (Lipinski definition) is 0. The van der Waals surface area contributed by atoms with Gasteiger partial charge in [0.25, 0.3) is 0 Å². The quantitative estimate of drug-likeness (QED) is 0.489. The summed E-state index contributed by atoms with van der Waals surface area (Å²) in [6, 6.07) is 0. The van der Waals surface area contributed by atoms with Crippen LogP contribution in [0.1, 0.15) is 59.3 Å². The normalized spacial score (nSPS) is 13.0. The lowest BCUT2D eigenvalue weighted by Gasteiger charge is -2.15. The molecule has 0 heterocycles. The average molecular weight is 216 g/mol. The van der Waals surface area contributed by atoms with Crippen molar-refractivity contribution in [1.29, 1.82) is 0 Å². The van der Waals surface area contributed by atoms with Gasteiger partial charge in [0.05, 0.1) is 19.3 Å². The second kappa shape index (κ2) is 12.0. The van der Waals surface area contributed by atoms with Crippen molar-refractivity contribution in [1.82, 2.24) is 0 Å². The maximum atomic E-state index is 5.75. The second-order valence-electron chi connectivity index (χ2n) is 3.95. The molecule has 0 aromatic heterocycles. The van der Waals surface area contributed by atoms with Gasteiger partial charge in [0.15, 0.2) is 0 Å². The Hall–Kier alpha value is -0.0800. The summed E-state index contributed by atoms with van der Waals surface area (Å²) in [4.78, 5) is 0. The van der Waals surface area contributed by atoms with Crippen LogP contribution in [-0.4, -0.2) is 25.9 Å². The molecule has 1 unspecified atom stereocenters. The molecule has 1 atom stereocenters. The monoisotopic (exact) mass is 216 g/mol. The summed E-state index contributed by atoms with van der Waals surface area (Å²) in [7, 11) is 0. The van der Waals surface area contributed by atoms with E-state index in [0.717, 1.165) is 26.2 Å². The van der Waals surface area contributed by atoms with E-state index in [2.05, 4.69) is 13.8 Å². The van der Waals surface area contributed by atoms with Gasteiger partial charge in [-0.3, -0.25) is 0 Å². The van der Waals surface area contributed by atoms with Gasteiger partial charge in [0.1, 0.15) is 0 Å². The van der Waals surface area contributed by atoms with Crippen LogP contribution in [0.4, 0.5) is 0 Å². The highest BCUT2D eigenvalue weighted by Crippen LogP contribution is 2.10. The van der Waals surface area contributed by atoms with Crippen LogP contribution in [0, 0.1) is 0 Å². The summed E-state index contributed by atoms with van der Waals surface area (Å²) in [6.07, 6.45) is 8.10. The number of rotatable bonds is 11. The first-order valence-corrected chi connectivity index (χ1v) is 6.54. The van der Waals surface area contributed by atoms with Gasteiger partial charge >= 0.3 is 0 Å². The Kier molecular flexibility index (Phi) is 11.9. The van der Waals surface area contributed by atoms with Crippen molar-refractivity contribution >= 4 is 0 Å². The second-order valence-corrected chi connectivity index (χ2v) is 3.95. The smallest absolute Gasteiger partial charge is 0.0704 e. The van der Waals surface area contributed by atoms with Crippen molar-refractivity contribution in [3.05, 3.63) is 0 Å². The molecule has 0 radical (unpaired) electrons. The van der Waals surface area contributed by atoms with Gasteiger partial charge in [0, 0.05) is 6.61 Å². The maximum absolute atomic E-state index is 5.75. The summed E-state index contributed by atoms with van der Waals surface area (Å²) >= 11 is 0. The van der Waals surface area contributed by atoms with Crippen LogP contribution in [0.25, 0.3) is 0 Å². The zero-order chi connectivity index (χ0) is 11.4. The highest BCUT2D eigenvalue weighted by molar-refractivity contribution is 4.56. The standard InChI is InChI=1S/C13H28O2/c1-4-7-8-9-10-13(5-2)15-12-11-14-6-3/h13H,4-12H2,1-3H3. The Balaban J connectivity index is 3.29. The van der Waals surface area contributed by atoms with E-state index in [4.69, 9.17) is 9.47 Å². The first kappa shape index (κ1) is 14.9. The van der Waals surface area contributed by atoms with E-state index in [1.54, 1.807) is 0 Å². The van der Waals surface area contributed by atoms with Crippen LogP contribution in [0.3, 0.4) is 0 Å². The molecule has 0 amide bonds. The molecule has 0 N–H and O–H groups in total. The third kappa shape index (κ3) is 10.2. The van der Waals surface area contributed by atoms with Crippen molar-refractivity contribution in [2.24, 2.45) is 0 Å². The summed E-state index contributed by atoms with van der Waals surface area (Å²) in [6.45, 7) is 8.74. The van der Waals surface area contributed by atoms with Crippen molar-refractivity contribution < 1.29 is 9.47 Å². The summed E-state index contributed by atoms with van der Waals surface area (Å²) in [5, 5.41) is 0. The van der Waals surface area contributed by atoms with Crippen LogP contribution >= 0.6 is 0 Å². The van der Waals surface area contributed by atoms with Gasteiger partial charge in [-0.1, -0.05) is 39.5 Å². The minimum Gasteiger partial charge on any atom is -0.379 e. The molecule has 0 spiro atoms. The molecule has 0 aromatic carbocycles. The fourth-order valence-corrected chi connectivity index (χ4v) is 1.62. The van der Waals surface area contributed by atoms with E-state index in [-0.39, 0.29) is 0 Å². The van der Waals surface area contributed by atoms with Crippen LogP contribution in [0.2, 0.25) is 0 Å². The lowest BCUT2D eigenvalue weighted by molar-refractivity contribution is 0.00148. The zero-order valence-corrected chi connectivity index (χ0v) is 10.8. The van der Waals surface area contributed by atoms with E-state index in [0.29, 0.717) is 6.10 Å². The molecule has 0 aliphatic rings. The summed E-state index contributed by atoms with van der Waals surface area (Å²) in [5.74, 6) is 0. The van der Waals surface area contributed by atoms with Gasteiger partial charge < -0.3 is 9.47 Å². The van der Waals surface area contributed by atoms with E-state index in [9.17, 15) is 0 Å². The van der Waals surface area contributed by atoms with Crippen LogP contribution in [0.15, 0.2) is 0 Å². The lowest BCUT2D eigenvalue weighted by Crippen LogP contribution is -2.15. The molecule has 2 nitrogen and oxygen atoms in total. The minimum atomic E-state index is 0.447. The highest BCUT2D eigenvalue weighted by Gasteiger charge is 2.05. The van der Waals surface area contributed by atoms with Gasteiger partial charge in [-0.05, 0) is 19.8 Å². The highest BCUT2D eigenvalue weighted by atomic mass is 16.5.